The molecule has 4 heterocycles. The SMILES string of the molecule is C[C@H]1NCCC[C@@H]1c1cc2c(Nc3ccc4scnc4c3)ccnc2s1. The van der Waals surface area contributed by atoms with E-state index in [1.807, 2.05) is 23.0 Å². The fraction of sp³-hybridized carbons (Fsp3) is 0.300. The molecule has 4 aromatic rings. The van der Waals surface area contributed by atoms with Crippen LogP contribution in [0.5, 0.6) is 0 Å². The van der Waals surface area contributed by atoms with Crippen molar-refractivity contribution < 1.29 is 0 Å². The van der Waals surface area contributed by atoms with Gasteiger partial charge in [-0.25, -0.2) is 9.97 Å². The average molecular weight is 381 g/mol. The third-order valence-corrected chi connectivity index (χ3v) is 7.18. The molecule has 5 rings (SSSR count). The van der Waals surface area contributed by atoms with Crippen LogP contribution >= 0.6 is 22.7 Å². The normalized spacial score (nSPS) is 20.7. The monoisotopic (exact) mass is 380 g/mol. The molecule has 1 fully saturated rings. The third kappa shape index (κ3) is 2.88. The summed E-state index contributed by atoms with van der Waals surface area (Å²) in [7, 11) is 0. The number of thiophene rings is 1. The fourth-order valence-electron chi connectivity index (χ4n) is 3.77. The first-order valence-corrected chi connectivity index (χ1v) is 10.7. The van der Waals surface area contributed by atoms with E-state index < -0.39 is 0 Å². The summed E-state index contributed by atoms with van der Waals surface area (Å²) in [5.41, 5.74) is 5.11. The van der Waals surface area contributed by atoms with Gasteiger partial charge in [-0.1, -0.05) is 0 Å². The summed E-state index contributed by atoms with van der Waals surface area (Å²) in [6.45, 7) is 3.43. The Morgan fingerprint density at radius 1 is 1.19 bits per heavy atom. The van der Waals surface area contributed by atoms with Gasteiger partial charge in [0.1, 0.15) is 4.83 Å². The van der Waals surface area contributed by atoms with Crippen LogP contribution in [0.25, 0.3) is 20.4 Å². The van der Waals surface area contributed by atoms with Crippen molar-refractivity contribution in [3.63, 3.8) is 0 Å². The Bertz CT molecular complexity index is 1070. The number of fused-ring (bicyclic) bond motifs is 2. The van der Waals surface area contributed by atoms with Crippen LogP contribution in [0.2, 0.25) is 0 Å². The smallest absolute Gasteiger partial charge is 0.125 e. The second kappa shape index (κ2) is 6.61. The molecule has 2 atom stereocenters. The van der Waals surface area contributed by atoms with E-state index in [4.69, 9.17) is 0 Å². The summed E-state index contributed by atoms with van der Waals surface area (Å²) in [5, 5.41) is 8.39. The summed E-state index contributed by atoms with van der Waals surface area (Å²) < 4.78 is 1.21. The Morgan fingerprint density at radius 3 is 3.08 bits per heavy atom. The number of hydrogen-bond donors (Lipinski definition) is 2. The van der Waals surface area contributed by atoms with Gasteiger partial charge in [0, 0.05) is 34.1 Å². The van der Waals surface area contributed by atoms with Gasteiger partial charge in [-0.05, 0) is 56.6 Å². The Hall–Kier alpha value is -2.02. The zero-order valence-corrected chi connectivity index (χ0v) is 16.2. The molecule has 1 aliphatic heterocycles. The van der Waals surface area contributed by atoms with Crippen LogP contribution in [-0.4, -0.2) is 22.6 Å². The fourth-order valence-corrected chi connectivity index (χ4v) is 5.70. The van der Waals surface area contributed by atoms with Gasteiger partial charge < -0.3 is 10.6 Å². The van der Waals surface area contributed by atoms with E-state index >= 15 is 0 Å². The zero-order chi connectivity index (χ0) is 17.5. The number of piperidine rings is 1. The minimum Gasteiger partial charge on any atom is -0.355 e. The first-order chi connectivity index (χ1) is 12.8. The van der Waals surface area contributed by atoms with Crippen LogP contribution in [0.15, 0.2) is 42.0 Å². The van der Waals surface area contributed by atoms with Crippen molar-refractivity contribution in [2.45, 2.75) is 31.7 Å². The Labute approximate surface area is 160 Å². The minimum atomic E-state index is 0.528. The molecular formula is C20H20N4S2. The molecule has 132 valence electrons. The van der Waals surface area contributed by atoms with Gasteiger partial charge in [-0.2, -0.15) is 0 Å². The standard InChI is InChI=1S/C20H20N4S2/c1-12-14(3-2-7-21-12)19-10-15-16(6-8-22-20(15)26-19)24-13-4-5-18-17(9-13)23-11-25-18/h4-6,8-12,14,21H,2-3,7H2,1H3,(H,22,24)/t12-,14+/m1/s1. The number of benzene rings is 1. The third-order valence-electron chi connectivity index (χ3n) is 5.19. The molecule has 0 unspecified atom stereocenters. The Balaban J connectivity index is 1.51. The highest BCUT2D eigenvalue weighted by molar-refractivity contribution is 7.18. The molecule has 3 aromatic heterocycles. The van der Waals surface area contributed by atoms with Crippen LogP contribution in [0, 0.1) is 0 Å². The van der Waals surface area contributed by atoms with Gasteiger partial charge in [0.15, 0.2) is 0 Å². The second-order valence-electron chi connectivity index (χ2n) is 6.88. The summed E-state index contributed by atoms with van der Waals surface area (Å²) >= 11 is 3.51. The molecule has 0 aliphatic carbocycles. The predicted molar refractivity (Wildman–Crippen MR) is 112 cm³/mol. The van der Waals surface area contributed by atoms with E-state index in [1.54, 1.807) is 11.3 Å². The summed E-state index contributed by atoms with van der Waals surface area (Å²) in [4.78, 5) is 11.6. The molecule has 0 bridgehead atoms. The van der Waals surface area contributed by atoms with Crippen LogP contribution in [0.3, 0.4) is 0 Å². The van der Waals surface area contributed by atoms with Gasteiger partial charge in [0.25, 0.3) is 0 Å². The summed E-state index contributed by atoms with van der Waals surface area (Å²) in [6.07, 6.45) is 4.40. The zero-order valence-electron chi connectivity index (χ0n) is 14.5. The molecule has 2 N–H and O–H groups in total. The largest absolute Gasteiger partial charge is 0.355 e. The van der Waals surface area contributed by atoms with Crippen LogP contribution in [0.4, 0.5) is 11.4 Å². The van der Waals surface area contributed by atoms with Crippen molar-refractivity contribution in [2.75, 3.05) is 11.9 Å². The molecular weight excluding hydrogens is 360 g/mol. The lowest BCUT2D eigenvalue weighted by Gasteiger charge is -2.29. The van der Waals surface area contributed by atoms with Crippen molar-refractivity contribution in [3.8, 4) is 0 Å². The second-order valence-corrected chi connectivity index (χ2v) is 8.83. The van der Waals surface area contributed by atoms with Gasteiger partial charge in [0.2, 0.25) is 0 Å². The van der Waals surface area contributed by atoms with Crippen molar-refractivity contribution in [1.29, 1.82) is 0 Å². The number of nitrogens with zero attached hydrogens (tertiary/aromatic N) is 2. The lowest BCUT2D eigenvalue weighted by molar-refractivity contribution is 0.375. The van der Waals surface area contributed by atoms with E-state index in [2.05, 4.69) is 57.9 Å². The number of thiazole rings is 1. The maximum Gasteiger partial charge on any atom is 0.125 e. The molecule has 1 saturated heterocycles. The number of aromatic nitrogens is 2. The molecule has 0 amide bonds. The quantitative estimate of drug-likeness (QED) is 0.492. The molecule has 1 aromatic carbocycles. The van der Waals surface area contributed by atoms with Crippen molar-refractivity contribution in [1.82, 2.24) is 15.3 Å². The van der Waals surface area contributed by atoms with Gasteiger partial charge in [-0.15, -0.1) is 22.7 Å². The number of nitrogens with one attached hydrogen (secondary N) is 2. The maximum atomic E-state index is 4.61. The highest BCUT2D eigenvalue weighted by Crippen LogP contribution is 2.38. The van der Waals surface area contributed by atoms with Gasteiger partial charge in [0.05, 0.1) is 21.4 Å². The average Bonchev–Trinajstić information content (AvgIpc) is 3.28. The van der Waals surface area contributed by atoms with Crippen LogP contribution in [0.1, 0.15) is 30.6 Å². The summed E-state index contributed by atoms with van der Waals surface area (Å²) in [5.74, 6) is 0.585. The lowest BCUT2D eigenvalue weighted by Crippen LogP contribution is -2.37. The molecule has 0 spiro atoms. The highest BCUT2D eigenvalue weighted by atomic mass is 32.1. The predicted octanol–water partition coefficient (Wildman–Crippen LogP) is 5.51. The minimum absolute atomic E-state index is 0.528. The highest BCUT2D eigenvalue weighted by Gasteiger charge is 2.24. The number of hydrogen-bond acceptors (Lipinski definition) is 6. The van der Waals surface area contributed by atoms with E-state index in [0.717, 1.165) is 28.3 Å². The molecule has 4 nitrogen and oxygen atoms in total. The molecule has 6 heteroatoms. The van der Waals surface area contributed by atoms with Crippen molar-refractivity contribution in [3.05, 3.63) is 46.9 Å². The maximum absolute atomic E-state index is 4.61. The van der Waals surface area contributed by atoms with Crippen LogP contribution < -0.4 is 10.6 Å². The Kier molecular flexibility index (Phi) is 4.11. The van der Waals surface area contributed by atoms with E-state index in [0.29, 0.717) is 12.0 Å². The van der Waals surface area contributed by atoms with Gasteiger partial charge >= 0.3 is 0 Å². The van der Waals surface area contributed by atoms with E-state index in [1.165, 1.54) is 27.8 Å². The van der Waals surface area contributed by atoms with E-state index in [-0.39, 0.29) is 0 Å². The molecule has 0 radical (unpaired) electrons. The molecule has 0 saturated carbocycles. The number of anilines is 2. The number of rotatable bonds is 3. The number of pyridine rings is 1. The van der Waals surface area contributed by atoms with Crippen molar-refractivity contribution >= 4 is 54.5 Å². The van der Waals surface area contributed by atoms with Crippen molar-refractivity contribution in [2.24, 2.45) is 0 Å². The lowest BCUT2D eigenvalue weighted by atomic mass is 9.90. The Morgan fingerprint density at radius 2 is 2.15 bits per heavy atom. The van der Waals surface area contributed by atoms with Crippen LogP contribution in [-0.2, 0) is 0 Å². The van der Waals surface area contributed by atoms with Gasteiger partial charge in [-0.3, -0.25) is 0 Å². The molecule has 26 heavy (non-hydrogen) atoms. The summed E-state index contributed by atoms with van der Waals surface area (Å²) in [6, 6.07) is 11.3. The molecule has 1 aliphatic rings. The first-order valence-electron chi connectivity index (χ1n) is 9.00. The topological polar surface area (TPSA) is 49.8 Å². The first kappa shape index (κ1) is 16.2. The van der Waals surface area contributed by atoms with E-state index in [9.17, 15) is 0 Å².